The molecule has 7 heteroatoms. The highest BCUT2D eigenvalue weighted by molar-refractivity contribution is 14.0. The summed E-state index contributed by atoms with van der Waals surface area (Å²) in [5, 5.41) is 6.60. The Morgan fingerprint density at radius 3 is 2.52 bits per heavy atom. The number of ether oxygens (including phenoxy) is 3. The predicted molar refractivity (Wildman–Crippen MR) is 124 cm³/mol. The van der Waals surface area contributed by atoms with E-state index in [-0.39, 0.29) is 35.5 Å². The van der Waals surface area contributed by atoms with E-state index in [4.69, 9.17) is 14.2 Å². The maximum atomic E-state index is 5.75. The molecular weight excluding hydrogens is 457 g/mol. The van der Waals surface area contributed by atoms with Crippen molar-refractivity contribution in [3.8, 4) is 5.75 Å². The molecule has 1 rings (SSSR count). The van der Waals surface area contributed by atoms with Gasteiger partial charge in [-0.15, -0.1) is 24.0 Å². The van der Waals surface area contributed by atoms with E-state index in [9.17, 15) is 0 Å². The number of anilines is 1. The molecule has 0 amide bonds. The largest absolute Gasteiger partial charge is 0.493 e. The molecule has 156 valence electrons. The molecular formula is C20H36IN3O3. The third kappa shape index (κ3) is 10.8. The van der Waals surface area contributed by atoms with Crippen LogP contribution in [-0.2, 0) is 9.47 Å². The van der Waals surface area contributed by atoms with Gasteiger partial charge in [0.15, 0.2) is 5.96 Å². The molecule has 0 aliphatic carbocycles. The van der Waals surface area contributed by atoms with Gasteiger partial charge in [-0.3, -0.25) is 4.99 Å². The average molecular weight is 493 g/mol. The highest BCUT2D eigenvalue weighted by Gasteiger charge is 2.24. The third-order valence-electron chi connectivity index (χ3n) is 3.87. The molecule has 0 saturated heterocycles. The van der Waals surface area contributed by atoms with Gasteiger partial charge in [0.2, 0.25) is 0 Å². The minimum Gasteiger partial charge on any atom is -0.493 e. The van der Waals surface area contributed by atoms with Crippen molar-refractivity contribution in [2.45, 2.75) is 40.2 Å². The second kappa shape index (κ2) is 14.0. The van der Waals surface area contributed by atoms with Gasteiger partial charge in [-0.25, -0.2) is 0 Å². The van der Waals surface area contributed by atoms with Crippen LogP contribution in [-0.4, -0.2) is 52.6 Å². The number of methoxy groups -OCH3 is 2. The van der Waals surface area contributed by atoms with Crippen LogP contribution >= 0.6 is 24.0 Å². The number of halogens is 1. The van der Waals surface area contributed by atoms with Crippen molar-refractivity contribution in [3.05, 3.63) is 24.3 Å². The summed E-state index contributed by atoms with van der Waals surface area (Å²) in [5.41, 5.74) is 0.963. The molecule has 1 atom stereocenters. The lowest BCUT2D eigenvalue weighted by molar-refractivity contribution is 0.0241. The standard InChI is InChI=1S/C20H35N3O3.HI/c1-7-21-19(22-15-18(25-6)20(2,3)4)23-16-10-8-11-17(14-16)26-13-9-12-24-5;/h8,10-11,14,18H,7,9,12-13,15H2,1-6H3,(H2,21,22,23);1H. The van der Waals surface area contributed by atoms with E-state index in [0.717, 1.165) is 30.4 Å². The van der Waals surface area contributed by atoms with Gasteiger partial charge in [0.05, 0.1) is 19.3 Å². The normalized spacial score (nSPS) is 12.9. The van der Waals surface area contributed by atoms with E-state index in [0.29, 0.717) is 19.8 Å². The molecule has 1 aromatic rings. The summed E-state index contributed by atoms with van der Waals surface area (Å²) >= 11 is 0. The minimum absolute atomic E-state index is 0. The number of hydrogen-bond donors (Lipinski definition) is 2. The predicted octanol–water partition coefficient (Wildman–Crippen LogP) is 4.16. The SMILES string of the molecule is CCNC(=NCC(OC)C(C)(C)C)Nc1cccc(OCCCOC)c1.I. The first-order chi connectivity index (χ1) is 12.4. The fourth-order valence-electron chi connectivity index (χ4n) is 2.38. The van der Waals surface area contributed by atoms with Crippen molar-refractivity contribution in [1.82, 2.24) is 5.32 Å². The lowest BCUT2D eigenvalue weighted by Gasteiger charge is -2.28. The number of guanidine groups is 1. The van der Waals surface area contributed by atoms with Crippen LogP contribution in [0.15, 0.2) is 29.3 Å². The summed E-state index contributed by atoms with van der Waals surface area (Å²) < 4.78 is 16.4. The number of benzene rings is 1. The zero-order valence-corrected chi connectivity index (χ0v) is 19.8. The first-order valence-electron chi connectivity index (χ1n) is 9.20. The van der Waals surface area contributed by atoms with E-state index in [1.807, 2.05) is 31.2 Å². The molecule has 0 bridgehead atoms. The Morgan fingerprint density at radius 1 is 1.19 bits per heavy atom. The number of nitrogens with one attached hydrogen (secondary N) is 2. The lowest BCUT2D eigenvalue weighted by Crippen LogP contribution is -2.35. The van der Waals surface area contributed by atoms with Gasteiger partial charge in [0.1, 0.15) is 5.75 Å². The van der Waals surface area contributed by atoms with Gasteiger partial charge in [-0.05, 0) is 24.5 Å². The van der Waals surface area contributed by atoms with Crippen LogP contribution in [0.3, 0.4) is 0 Å². The molecule has 0 saturated carbocycles. The van der Waals surface area contributed by atoms with E-state index in [1.165, 1.54) is 0 Å². The molecule has 0 heterocycles. The van der Waals surface area contributed by atoms with E-state index in [2.05, 4.69) is 36.4 Å². The van der Waals surface area contributed by atoms with E-state index in [1.54, 1.807) is 14.2 Å². The molecule has 0 aliphatic rings. The molecule has 27 heavy (non-hydrogen) atoms. The number of hydrogen-bond acceptors (Lipinski definition) is 4. The number of rotatable bonds is 10. The Kier molecular flexibility index (Phi) is 13.5. The van der Waals surface area contributed by atoms with Crippen molar-refractivity contribution >= 4 is 35.6 Å². The van der Waals surface area contributed by atoms with Crippen LogP contribution in [0.1, 0.15) is 34.1 Å². The van der Waals surface area contributed by atoms with Crippen LogP contribution in [0.2, 0.25) is 0 Å². The molecule has 0 aromatic heterocycles. The lowest BCUT2D eigenvalue weighted by atomic mass is 9.89. The Balaban J connectivity index is 0.00000676. The zero-order valence-electron chi connectivity index (χ0n) is 17.5. The maximum Gasteiger partial charge on any atom is 0.195 e. The van der Waals surface area contributed by atoms with Crippen LogP contribution in [0.5, 0.6) is 5.75 Å². The fraction of sp³-hybridized carbons (Fsp3) is 0.650. The number of nitrogens with zero attached hydrogens (tertiary/aromatic N) is 1. The Bertz CT molecular complexity index is 548. The molecule has 0 radical (unpaired) electrons. The van der Waals surface area contributed by atoms with E-state index < -0.39 is 0 Å². The van der Waals surface area contributed by atoms with Crippen LogP contribution in [0, 0.1) is 5.41 Å². The summed E-state index contributed by atoms with van der Waals surface area (Å²) in [7, 11) is 3.43. The van der Waals surface area contributed by atoms with Crippen LogP contribution < -0.4 is 15.4 Å². The average Bonchev–Trinajstić information content (AvgIpc) is 2.58. The smallest absolute Gasteiger partial charge is 0.195 e. The summed E-state index contributed by atoms with van der Waals surface area (Å²) in [6.45, 7) is 11.2. The monoisotopic (exact) mass is 493 g/mol. The molecule has 1 unspecified atom stereocenters. The first kappa shape index (κ1) is 25.9. The Hall–Kier alpha value is -1.06. The van der Waals surface area contributed by atoms with Gasteiger partial charge in [0, 0.05) is 45.5 Å². The first-order valence-corrected chi connectivity index (χ1v) is 9.20. The van der Waals surface area contributed by atoms with Gasteiger partial charge in [0.25, 0.3) is 0 Å². The van der Waals surface area contributed by atoms with Crippen LogP contribution in [0.4, 0.5) is 5.69 Å². The Morgan fingerprint density at radius 2 is 1.93 bits per heavy atom. The molecule has 0 fully saturated rings. The van der Waals surface area contributed by atoms with Crippen molar-refractivity contribution in [1.29, 1.82) is 0 Å². The minimum atomic E-state index is 0. The van der Waals surface area contributed by atoms with Crippen LogP contribution in [0.25, 0.3) is 0 Å². The summed E-state index contributed by atoms with van der Waals surface area (Å²) in [4.78, 5) is 4.67. The third-order valence-corrected chi connectivity index (χ3v) is 3.87. The molecule has 2 N–H and O–H groups in total. The molecule has 0 spiro atoms. The highest BCUT2D eigenvalue weighted by Crippen LogP contribution is 2.22. The molecule has 0 aliphatic heterocycles. The summed E-state index contributed by atoms with van der Waals surface area (Å²) in [6, 6.07) is 7.87. The van der Waals surface area contributed by atoms with Crippen molar-refractivity contribution in [2.24, 2.45) is 10.4 Å². The Labute approximate surface area is 181 Å². The molecule has 6 nitrogen and oxygen atoms in total. The second-order valence-electron chi connectivity index (χ2n) is 7.16. The van der Waals surface area contributed by atoms with E-state index >= 15 is 0 Å². The topological polar surface area (TPSA) is 64.1 Å². The van der Waals surface area contributed by atoms with Gasteiger partial charge in [-0.1, -0.05) is 26.8 Å². The highest BCUT2D eigenvalue weighted by atomic mass is 127. The number of aliphatic imine (C=N–C) groups is 1. The van der Waals surface area contributed by atoms with Crippen molar-refractivity contribution in [2.75, 3.05) is 45.8 Å². The van der Waals surface area contributed by atoms with Crippen molar-refractivity contribution < 1.29 is 14.2 Å². The molecule has 1 aromatic carbocycles. The van der Waals surface area contributed by atoms with Gasteiger partial charge in [-0.2, -0.15) is 0 Å². The van der Waals surface area contributed by atoms with Gasteiger partial charge >= 0.3 is 0 Å². The zero-order chi connectivity index (χ0) is 19.4. The summed E-state index contributed by atoms with van der Waals surface area (Å²) in [5.74, 6) is 1.56. The fourth-order valence-corrected chi connectivity index (χ4v) is 2.38. The quantitative estimate of drug-likeness (QED) is 0.222. The van der Waals surface area contributed by atoms with Gasteiger partial charge < -0.3 is 24.8 Å². The van der Waals surface area contributed by atoms with Crippen molar-refractivity contribution in [3.63, 3.8) is 0 Å². The summed E-state index contributed by atoms with van der Waals surface area (Å²) in [6.07, 6.45) is 0.914. The maximum absolute atomic E-state index is 5.75. The second-order valence-corrected chi connectivity index (χ2v) is 7.16.